The average molecular weight is 464 g/mol. The number of terminal acetylenes is 1. The quantitative estimate of drug-likeness (QED) is 0.318. The number of hydrogen-bond acceptors (Lipinski definition) is 2. The first kappa shape index (κ1) is 21.8. The lowest BCUT2D eigenvalue weighted by molar-refractivity contribution is 0.793. The number of halogens is 1. The van der Waals surface area contributed by atoms with Crippen molar-refractivity contribution < 1.29 is 0 Å². The van der Waals surface area contributed by atoms with Gasteiger partial charge in [-0.15, -0.1) is 6.42 Å². The van der Waals surface area contributed by atoms with Crippen LogP contribution in [0.15, 0.2) is 90.1 Å². The molecule has 0 bridgehead atoms. The molecule has 5 aromatic rings. The summed E-state index contributed by atoms with van der Waals surface area (Å²) >= 11 is 6.18. The van der Waals surface area contributed by atoms with Crippen molar-refractivity contribution in [1.82, 2.24) is 14.1 Å². The Morgan fingerprint density at radius 1 is 0.971 bits per heavy atom. The summed E-state index contributed by atoms with van der Waals surface area (Å²) in [6.45, 7) is 0. The number of fused-ring (bicyclic) bond motifs is 1. The summed E-state index contributed by atoms with van der Waals surface area (Å²) in [6.07, 6.45) is 9.33. The van der Waals surface area contributed by atoms with Crippen LogP contribution in [0.4, 0.5) is 0 Å². The Balaban J connectivity index is 1.79. The van der Waals surface area contributed by atoms with Crippen LogP contribution in [0.5, 0.6) is 0 Å². The van der Waals surface area contributed by atoms with Crippen LogP contribution in [0.2, 0.25) is 5.02 Å². The second-order valence-electron chi connectivity index (χ2n) is 8.37. The molecule has 3 aromatic carbocycles. The fraction of sp³-hybridized carbons (Fsp3) is 0.103. The molecule has 0 amide bonds. The molecule has 0 aliphatic heterocycles. The second-order valence-corrected chi connectivity index (χ2v) is 8.81. The van der Waals surface area contributed by atoms with Crippen LogP contribution in [0.25, 0.3) is 22.0 Å². The molecule has 1 unspecified atom stereocenters. The van der Waals surface area contributed by atoms with E-state index in [2.05, 4.69) is 23.0 Å². The minimum absolute atomic E-state index is 0.0590. The van der Waals surface area contributed by atoms with Crippen LogP contribution in [0.3, 0.4) is 0 Å². The summed E-state index contributed by atoms with van der Waals surface area (Å²) in [5.74, 6) is 2.63. The van der Waals surface area contributed by atoms with Crippen molar-refractivity contribution >= 4 is 22.5 Å². The number of hydrogen-bond donors (Lipinski definition) is 0. The van der Waals surface area contributed by atoms with Crippen LogP contribution in [0, 0.1) is 12.3 Å². The zero-order valence-corrected chi connectivity index (χ0v) is 19.6. The first-order chi connectivity index (χ1) is 16.5. The highest BCUT2D eigenvalue weighted by Crippen LogP contribution is 2.36. The fourth-order valence-corrected chi connectivity index (χ4v) is 4.63. The number of rotatable bonds is 4. The monoisotopic (exact) mass is 463 g/mol. The van der Waals surface area contributed by atoms with Crippen LogP contribution in [0.1, 0.15) is 28.3 Å². The summed E-state index contributed by atoms with van der Waals surface area (Å²) in [5, 5.41) is 1.67. The number of nitrogens with zero attached hydrogens (tertiary/aromatic N) is 3. The first-order valence-electron chi connectivity index (χ1n) is 10.9. The summed E-state index contributed by atoms with van der Waals surface area (Å²) < 4.78 is 3.70. The van der Waals surface area contributed by atoms with E-state index in [1.807, 2.05) is 72.4 Å². The third kappa shape index (κ3) is 3.81. The fourth-order valence-electron chi connectivity index (χ4n) is 4.51. The Bertz CT molecular complexity index is 1620. The summed E-state index contributed by atoms with van der Waals surface area (Å²) in [4.78, 5) is 17.1. The van der Waals surface area contributed by atoms with Crippen LogP contribution < -0.4 is 5.56 Å². The van der Waals surface area contributed by atoms with Gasteiger partial charge in [0, 0.05) is 48.0 Å². The third-order valence-corrected chi connectivity index (χ3v) is 6.55. The minimum atomic E-state index is -0.0674. The number of pyridine rings is 1. The van der Waals surface area contributed by atoms with Crippen molar-refractivity contribution in [3.05, 3.63) is 123 Å². The van der Waals surface area contributed by atoms with Gasteiger partial charge in [-0.05, 0) is 58.7 Å². The molecule has 0 saturated carbocycles. The second kappa shape index (κ2) is 8.70. The van der Waals surface area contributed by atoms with E-state index in [1.165, 1.54) is 0 Å². The summed E-state index contributed by atoms with van der Waals surface area (Å²) in [7, 11) is 3.79. The zero-order valence-electron chi connectivity index (χ0n) is 18.9. The van der Waals surface area contributed by atoms with Crippen LogP contribution in [-0.2, 0) is 14.1 Å². The highest BCUT2D eigenvalue weighted by molar-refractivity contribution is 6.30. The van der Waals surface area contributed by atoms with Gasteiger partial charge in [-0.3, -0.25) is 4.79 Å². The SMILES string of the molecule is C#Cc1cccc(-c2cc(=O)n(C)c3ccc(C(c4ccc(Cl)cc4)c4cncn4C)cc23)c1. The highest BCUT2D eigenvalue weighted by Gasteiger charge is 2.21. The maximum atomic E-state index is 12.8. The van der Waals surface area contributed by atoms with E-state index >= 15 is 0 Å². The molecule has 1 atom stereocenters. The van der Waals surface area contributed by atoms with Crippen molar-refractivity contribution in [2.75, 3.05) is 0 Å². The number of aromatic nitrogens is 3. The molecule has 0 radical (unpaired) electrons. The van der Waals surface area contributed by atoms with Gasteiger partial charge in [0.1, 0.15) is 0 Å². The molecule has 5 rings (SSSR count). The van der Waals surface area contributed by atoms with Gasteiger partial charge < -0.3 is 9.13 Å². The lowest BCUT2D eigenvalue weighted by atomic mass is 9.87. The third-order valence-electron chi connectivity index (χ3n) is 6.30. The molecule has 0 spiro atoms. The van der Waals surface area contributed by atoms with Crippen LogP contribution in [-0.4, -0.2) is 14.1 Å². The molecule has 166 valence electrons. The van der Waals surface area contributed by atoms with Gasteiger partial charge in [-0.1, -0.05) is 47.9 Å². The predicted octanol–water partition coefficient (Wildman–Crippen LogP) is 5.75. The van der Waals surface area contributed by atoms with E-state index in [9.17, 15) is 4.79 Å². The van der Waals surface area contributed by atoms with E-state index in [0.29, 0.717) is 5.02 Å². The van der Waals surface area contributed by atoms with Crippen LogP contribution >= 0.6 is 11.6 Å². The summed E-state index contributed by atoms with van der Waals surface area (Å²) in [6, 6.07) is 23.6. The van der Waals surface area contributed by atoms with E-state index < -0.39 is 0 Å². The molecule has 0 N–H and O–H groups in total. The van der Waals surface area contributed by atoms with Gasteiger partial charge in [0.2, 0.25) is 0 Å². The highest BCUT2D eigenvalue weighted by atomic mass is 35.5. The predicted molar refractivity (Wildman–Crippen MR) is 138 cm³/mol. The Morgan fingerprint density at radius 2 is 1.74 bits per heavy atom. The Hall–Kier alpha value is -4.07. The molecule has 2 aromatic heterocycles. The normalized spacial score (nSPS) is 11.9. The molecule has 0 aliphatic carbocycles. The maximum absolute atomic E-state index is 12.8. The van der Waals surface area contributed by atoms with Gasteiger partial charge in [0.25, 0.3) is 5.56 Å². The Kier molecular flexibility index (Phi) is 5.57. The smallest absolute Gasteiger partial charge is 0.251 e. The molecule has 2 heterocycles. The first-order valence-corrected chi connectivity index (χ1v) is 11.3. The van der Waals surface area contributed by atoms with Crippen molar-refractivity contribution in [3.8, 4) is 23.5 Å². The minimum Gasteiger partial charge on any atom is -0.337 e. The Morgan fingerprint density at radius 3 is 2.44 bits per heavy atom. The summed E-state index contributed by atoms with van der Waals surface area (Å²) in [5.41, 5.74) is 6.59. The van der Waals surface area contributed by atoms with Crippen molar-refractivity contribution in [3.63, 3.8) is 0 Å². The molecule has 0 fully saturated rings. The van der Waals surface area contributed by atoms with E-state index in [1.54, 1.807) is 24.0 Å². The maximum Gasteiger partial charge on any atom is 0.251 e. The lowest BCUT2D eigenvalue weighted by Crippen LogP contribution is -2.16. The topological polar surface area (TPSA) is 39.8 Å². The van der Waals surface area contributed by atoms with E-state index in [4.69, 9.17) is 18.0 Å². The van der Waals surface area contributed by atoms with Gasteiger partial charge in [0.15, 0.2) is 0 Å². The van der Waals surface area contributed by atoms with Crippen molar-refractivity contribution in [1.29, 1.82) is 0 Å². The van der Waals surface area contributed by atoms with Crippen molar-refractivity contribution in [2.24, 2.45) is 14.1 Å². The average Bonchev–Trinajstić information content (AvgIpc) is 3.28. The zero-order chi connectivity index (χ0) is 23.8. The Labute approximate surface area is 203 Å². The van der Waals surface area contributed by atoms with Gasteiger partial charge >= 0.3 is 0 Å². The standard InChI is InChI=1S/C29H22ClN3O/c1-4-19-6-5-7-21(14-19)24-16-28(34)33(3)26-13-10-22(15-25(24)26)29(27-17-31-18-32(27)2)20-8-11-23(30)12-9-20/h1,5-18,29H,2-3H3. The van der Waals surface area contributed by atoms with Gasteiger partial charge in [-0.25, -0.2) is 4.98 Å². The lowest BCUT2D eigenvalue weighted by Gasteiger charge is -2.21. The molecular formula is C29H22ClN3O. The molecular weight excluding hydrogens is 442 g/mol. The molecule has 4 nitrogen and oxygen atoms in total. The van der Waals surface area contributed by atoms with Gasteiger partial charge in [0.05, 0.1) is 17.8 Å². The number of aryl methyl sites for hydroxylation is 2. The van der Waals surface area contributed by atoms with Crippen molar-refractivity contribution in [2.45, 2.75) is 5.92 Å². The molecule has 0 aliphatic rings. The van der Waals surface area contributed by atoms with E-state index in [-0.39, 0.29) is 11.5 Å². The molecule has 5 heteroatoms. The largest absolute Gasteiger partial charge is 0.337 e. The van der Waals surface area contributed by atoms with Gasteiger partial charge in [-0.2, -0.15) is 0 Å². The number of imidazole rings is 1. The number of benzene rings is 3. The molecule has 0 saturated heterocycles. The van der Waals surface area contributed by atoms with E-state index in [0.717, 1.165) is 44.4 Å². The molecule has 34 heavy (non-hydrogen) atoms.